The van der Waals surface area contributed by atoms with Crippen molar-refractivity contribution in [1.29, 1.82) is 0 Å². The molecule has 1 heterocycles. The first-order valence-corrected chi connectivity index (χ1v) is 9.77. The summed E-state index contributed by atoms with van der Waals surface area (Å²) in [5, 5.41) is 0.717. The molecule has 2 aromatic rings. The molecule has 0 bridgehead atoms. The second-order valence-electron chi connectivity index (χ2n) is 7.73. The van der Waals surface area contributed by atoms with Crippen molar-refractivity contribution in [3.63, 3.8) is 0 Å². The minimum Gasteiger partial charge on any atom is -0.491 e. The smallest absolute Gasteiger partial charge is 0.410 e. The van der Waals surface area contributed by atoms with Crippen molar-refractivity contribution >= 4 is 17.7 Å². The topological polar surface area (TPSA) is 48.0 Å². The predicted octanol–water partition coefficient (Wildman–Crippen LogP) is 5.02. The molecule has 0 unspecified atom stereocenters. The number of morpholine rings is 1. The van der Waals surface area contributed by atoms with E-state index in [-0.39, 0.29) is 12.2 Å². The molecule has 150 valence electrons. The summed E-state index contributed by atoms with van der Waals surface area (Å²) >= 11 is 6.25. The van der Waals surface area contributed by atoms with Crippen LogP contribution in [0, 0.1) is 0 Å². The van der Waals surface area contributed by atoms with Crippen LogP contribution in [-0.2, 0) is 9.47 Å². The molecule has 0 saturated carbocycles. The number of carbonyl (C=O) groups is 1. The van der Waals surface area contributed by atoms with Gasteiger partial charge >= 0.3 is 6.09 Å². The average molecular weight is 404 g/mol. The van der Waals surface area contributed by atoms with Crippen LogP contribution in [0.5, 0.6) is 5.75 Å². The van der Waals surface area contributed by atoms with Crippen molar-refractivity contribution in [2.45, 2.75) is 32.5 Å². The largest absolute Gasteiger partial charge is 0.491 e. The maximum absolute atomic E-state index is 12.2. The van der Waals surface area contributed by atoms with Crippen LogP contribution in [0.1, 0.15) is 20.8 Å². The molecule has 5 nitrogen and oxygen atoms in total. The van der Waals surface area contributed by atoms with E-state index in [2.05, 4.69) is 0 Å². The van der Waals surface area contributed by atoms with Crippen molar-refractivity contribution < 1.29 is 19.0 Å². The van der Waals surface area contributed by atoms with Crippen LogP contribution >= 0.6 is 11.6 Å². The Morgan fingerprint density at radius 3 is 2.57 bits per heavy atom. The summed E-state index contributed by atoms with van der Waals surface area (Å²) in [6.45, 7) is 7.39. The fourth-order valence-electron chi connectivity index (χ4n) is 2.93. The molecule has 1 atom stereocenters. The van der Waals surface area contributed by atoms with Crippen LogP contribution in [0.2, 0.25) is 5.02 Å². The summed E-state index contributed by atoms with van der Waals surface area (Å²) in [6, 6.07) is 15.5. The summed E-state index contributed by atoms with van der Waals surface area (Å²) in [7, 11) is 0. The van der Waals surface area contributed by atoms with Crippen molar-refractivity contribution in [2.75, 3.05) is 26.3 Å². The summed E-state index contributed by atoms with van der Waals surface area (Å²) < 4.78 is 17.0. The van der Waals surface area contributed by atoms with Gasteiger partial charge in [-0.3, -0.25) is 0 Å². The molecule has 0 aromatic heterocycles. The van der Waals surface area contributed by atoms with Crippen LogP contribution in [-0.4, -0.2) is 49.0 Å². The zero-order valence-electron chi connectivity index (χ0n) is 16.5. The molecular weight excluding hydrogens is 378 g/mol. The molecule has 1 amide bonds. The zero-order valence-corrected chi connectivity index (χ0v) is 17.2. The number of nitrogens with zero attached hydrogens (tertiary/aromatic N) is 1. The monoisotopic (exact) mass is 403 g/mol. The first-order chi connectivity index (χ1) is 13.3. The van der Waals surface area contributed by atoms with Crippen molar-refractivity contribution in [2.24, 2.45) is 0 Å². The van der Waals surface area contributed by atoms with Crippen LogP contribution in [0.3, 0.4) is 0 Å². The number of benzene rings is 2. The summed E-state index contributed by atoms with van der Waals surface area (Å²) in [6.07, 6.45) is -0.505. The number of amides is 1. The average Bonchev–Trinajstić information content (AvgIpc) is 2.66. The van der Waals surface area contributed by atoms with Gasteiger partial charge in [-0.05, 0) is 44.5 Å². The number of rotatable bonds is 4. The van der Waals surface area contributed by atoms with E-state index in [1.165, 1.54) is 0 Å². The molecule has 0 aliphatic carbocycles. The standard InChI is InChI=1S/C22H26ClNO4/c1-22(2,3)28-21(25)24-12-13-26-18(14-24)15-27-17-10-8-16(9-11-17)19-6-4-5-7-20(19)23/h4-11,18H,12-15H2,1-3H3/t18-/m0/s1. The second kappa shape index (κ2) is 8.84. The molecule has 1 fully saturated rings. The summed E-state index contributed by atoms with van der Waals surface area (Å²) in [4.78, 5) is 13.9. The first kappa shape index (κ1) is 20.5. The molecule has 0 N–H and O–H groups in total. The molecule has 0 spiro atoms. The van der Waals surface area contributed by atoms with Gasteiger partial charge < -0.3 is 19.1 Å². The normalized spacial score (nSPS) is 17.3. The third-order valence-electron chi connectivity index (χ3n) is 4.27. The highest BCUT2D eigenvalue weighted by atomic mass is 35.5. The lowest BCUT2D eigenvalue weighted by Crippen LogP contribution is -2.49. The van der Waals surface area contributed by atoms with Gasteiger partial charge in [0.1, 0.15) is 24.1 Å². The maximum atomic E-state index is 12.2. The third-order valence-corrected chi connectivity index (χ3v) is 4.60. The number of hydrogen-bond acceptors (Lipinski definition) is 4. The molecule has 1 aliphatic rings. The third kappa shape index (κ3) is 5.63. The van der Waals surface area contributed by atoms with Crippen LogP contribution < -0.4 is 4.74 Å². The Labute approximate surface area is 171 Å². The van der Waals surface area contributed by atoms with Gasteiger partial charge in [0.2, 0.25) is 0 Å². The molecule has 1 saturated heterocycles. The number of hydrogen-bond donors (Lipinski definition) is 0. The maximum Gasteiger partial charge on any atom is 0.410 e. The van der Waals surface area contributed by atoms with E-state index in [0.717, 1.165) is 16.9 Å². The van der Waals surface area contributed by atoms with Gasteiger partial charge in [0.05, 0.1) is 13.2 Å². The van der Waals surface area contributed by atoms with Gasteiger partial charge in [0.15, 0.2) is 0 Å². The molecule has 1 aliphatic heterocycles. The van der Waals surface area contributed by atoms with E-state index in [1.807, 2.05) is 69.3 Å². The van der Waals surface area contributed by atoms with E-state index in [0.29, 0.717) is 31.3 Å². The van der Waals surface area contributed by atoms with Crippen molar-refractivity contribution in [3.8, 4) is 16.9 Å². The van der Waals surface area contributed by atoms with Gasteiger partial charge in [0, 0.05) is 17.1 Å². The van der Waals surface area contributed by atoms with Gasteiger partial charge in [-0.25, -0.2) is 4.79 Å². The fraction of sp³-hybridized carbons (Fsp3) is 0.409. The minimum absolute atomic E-state index is 0.190. The van der Waals surface area contributed by atoms with Crippen LogP contribution in [0.4, 0.5) is 4.79 Å². The minimum atomic E-state index is -0.509. The Morgan fingerprint density at radius 2 is 1.89 bits per heavy atom. The number of halogens is 1. The number of carbonyl (C=O) groups excluding carboxylic acids is 1. The van der Waals surface area contributed by atoms with E-state index >= 15 is 0 Å². The van der Waals surface area contributed by atoms with E-state index in [9.17, 15) is 4.79 Å². The highest BCUT2D eigenvalue weighted by Crippen LogP contribution is 2.28. The summed E-state index contributed by atoms with van der Waals surface area (Å²) in [5.74, 6) is 0.744. The molecular formula is C22H26ClNO4. The molecule has 2 aromatic carbocycles. The molecule has 3 rings (SSSR count). The van der Waals surface area contributed by atoms with Gasteiger partial charge in [-0.1, -0.05) is 41.9 Å². The Balaban J connectivity index is 1.54. The Kier molecular flexibility index (Phi) is 6.47. The van der Waals surface area contributed by atoms with E-state index in [1.54, 1.807) is 4.90 Å². The quantitative estimate of drug-likeness (QED) is 0.719. The Hall–Kier alpha value is -2.24. The van der Waals surface area contributed by atoms with Gasteiger partial charge in [-0.2, -0.15) is 0 Å². The van der Waals surface area contributed by atoms with Crippen molar-refractivity contribution in [3.05, 3.63) is 53.6 Å². The number of ether oxygens (including phenoxy) is 3. The predicted molar refractivity (Wildman–Crippen MR) is 110 cm³/mol. The fourth-order valence-corrected chi connectivity index (χ4v) is 3.17. The second-order valence-corrected chi connectivity index (χ2v) is 8.14. The lowest BCUT2D eigenvalue weighted by Gasteiger charge is -2.34. The van der Waals surface area contributed by atoms with E-state index < -0.39 is 5.60 Å². The van der Waals surface area contributed by atoms with Crippen LogP contribution in [0.25, 0.3) is 11.1 Å². The SMILES string of the molecule is CC(C)(C)OC(=O)N1CCO[C@H](COc2ccc(-c3ccccc3Cl)cc2)C1. The van der Waals surface area contributed by atoms with E-state index in [4.69, 9.17) is 25.8 Å². The molecule has 6 heteroatoms. The highest BCUT2D eigenvalue weighted by molar-refractivity contribution is 6.33. The van der Waals surface area contributed by atoms with Gasteiger partial charge in [0.25, 0.3) is 0 Å². The molecule has 0 radical (unpaired) electrons. The van der Waals surface area contributed by atoms with Crippen molar-refractivity contribution in [1.82, 2.24) is 4.90 Å². The highest BCUT2D eigenvalue weighted by Gasteiger charge is 2.28. The summed E-state index contributed by atoms with van der Waals surface area (Å²) in [5.41, 5.74) is 1.51. The first-order valence-electron chi connectivity index (χ1n) is 9.39. The Bertz CT molecular complexity index is 801. The Morgan fingerprint density at radius 1 is 1.18 bits per heavy atom. The zero-order chi connectivity index (χ0) is 20.1. The lowest BCUT2D eigenvalue weighted by molar-refractivity contribution is -0.0557. The van der Waals surface area contributed by atoms with Crippen LogP contribution in [0.15, 0.2) is 48.5 Å². The van der Waals surface area contributed by atoms with Gasteiger partial charge in [-0.15, -0.1) is 0 Å². The lowest BCUT2D eigenvalue weighted by atomic mass is 10.1. The molecule has 28 heavy (non-hydrogen) atoms.